The van der Waals surface area contributed by atoms with Crippen molar-refractivity contribution in [3.05, 3.63) is 99.7 Å². The summed E-state index contributed by atoms with van der Waals surface area (Å²) in [5.74, 6) is -0.733. The van der Waals surface area contributed by atoms with Crippen LogP contribution in [-0.2, 0) is 16.0 Å². The molecule has 4 rings (SSSR count). The van der Waals surface area contributed by atoms with Crippen LogP contribution in [0.25, 0.3) is 5.57 Å². The molecule has 0 spiro atoms. The number of hydrogen-bond donors (Lipinski definition) is 1. The van der Waals surface area contributed by atoms with Crippen LogP contribution in [0.4, 0.5) is 11.4 Å². The topological polar surface area (TPSA) is 49.4 Å². The lowest BCUT2D eigenvalue weighted by atomic mass is 10.0. The summed E-state index contributed by atoms with van der Waals surface area (Å²) in [7, 11) is 0. The fourth-order valence-electron chi connectivity index (χ4n) is 3.73. The van der Waals surface area contributed by atoms with Gasteiger partial charge in [-0.1, -0.05) is 60.5 Å². The Morgan fingerprint density at radius 2 is 1.55 bits per heavy atom. The van der Waals surface area contributed by atoms with Crippen molar-refractivity contribution in [2.24, 2.45) is 0 Å². The van der Waals surface area contributed by atoms with E-state index in [1.165, 1.54) is 4.90 Å². The number of anilines is 2. The first-order chi connectivity index (χ1) is 14.9. The van der Waals surface area contributed by atoms with E-state index in [0.29, 0.717) is 21.8 Å². The van der Waals surface area contributed by atoms with Gasteiger partial charge in [-0.2, -0.15) is 0 Å². The van der Waals surface area contributed by atoms with Crippen LogP contribution in [-0.4, -0.2) is 11.8 Å². The highest BCUT2D eigenvalue weighted by molar-refractivity contribution is 6.46. The lowest BCUT2D eigenvalue weighted by Crippen LogP contribution is -2.32. The molecule has 2 amide bonds. The maximum absolute atomic E-state index is 13.5. The molecule has 0 unspecified atom stereocenters. The van der Waals surface area contributed by atoms with Crippen LogP contribution in [0.1, 0.15) is 29.2 Å². The van der Waals surface area contributed by atoms with Crippen LogP contribution in [0.5, 0.6) is 0 Å². The summed E-state index contributed by atoms with van der Waals surface area (Å²) >= 11 is 6.04. The molecule has 0 aromatic heterocycles. The van der Waals surface area contributed by atoms with Crippen molar-refractivity contribution >= 4 is 40.4 Å². The van der Waals surface area contributed by atoms with E-state index >= 15 is 0 Å². The second kappa shape index (κ2) is 8.40. The summed E-state index contributed by atoms with van der Waals surface area (Å²) in [4.78, 5) is 28.2. The Morgan fingerprint density at radius 3 is 2.16 bits per heavy atom. The van der Waals surface area contributed by atoms with Crippen LogP contribution in [0.15, 0.2) is 72.4 Å². The van der Waals surface area contributed by atoms with Gasteiger partial charge in [-0.3, -0.25) is 9.59 Å². The maximum Gasteiger partial charge on any atom is 0.282 e. The number of nitrogens with one attached hydrogen (secondary N) is 1. The SMILES string of the molecule is CCc1ccc(N2C(=O)C(Nc3ccc(C)cc3C)=C(c3ccc(Cl)cc3)C2=O)cc1. The third-order valence-electron chi connectivity index (χ3n) is 5.46. The first-order valence-corrected chi connectivity index (χ1v) is 10.6. The lowest BCUT2D eigenvalue weighted by molar-refractivity contribution is -0.120. The predicted molar refractivity (Wildman–Crippen MR) is 126 cm³/mol. The van der Waals surface area contributed by atoms with Crippen molar-refractivity contribution < 1.29 is 9.59 Å². The summed E-state index contributed by atoms with van der Waals surface area (Å²) in [6, 6.07) is 20.4. The van der Waals surface area contributed by atoms with Crippen LogP contribution >= 0.6 is 11.6 Å². The molecule has 0 saturated carbocycles. The van der Waals surface area contributed by atoms with Crippen molar-refractivity contribution in [1.82, 2.24) is 0 Å². The third-order valence-corrected chi connectivity index (χ3v) is 5.71. The Bertz CT molecular complexity index is 1200. The molecule has 156 valence electrons. The Balaban J connectivity index is 1.81. The first kappa shape index (κ1) is 20.9. The number of imide groups is 1. The van der Waals surface area contributed by atoms with E-state index < -0.39 is 0 Å². The van der Waals surface area contributed by atoms with Crippen molar-refractivity contribution in [2.75, 3.05) is 10.2 Å². The quantitative estimate of drug-likeness (QED) is 0.511. The Kier molecular flexibility index (Phi) is 5.66. The van der Waals surface area contributed by atoms with Crippen molar-refractivity contribution in [1.29, 1.82) is 0 Å². The highest BCUT2D eigenvalue weighted by atomic mass is 35.5. The molecular weight excluding hydrogens is 408 g/mol. The monoisotopic (exact) mass is 430 g/mol. The smallest absolute Gasteiger partial charge is 0.282 e. The van der Waals surface area contributed by atoms with Gasteiger partial charge in [-0.25, -0.2) is 4.90 Å². The molecule has 31 heavy (non-hydrogen) atoms. The summed E-state index contributed by atoms with van der Waals surface area (Å²) in [5, 5.41) is 3.80. The molecule has 1 heterocycles. The zero-order valence-electron chi connectivity index (χ0n) is 17.7. The Morgan fingerprint density at radius 1 is 0.871 bits per heavy atom. The van der Waals surface area contributed by atoms with Gasteiger partial charge in [0.15, 0.2) is 0 Å². The zero-order chi connectivity index (χ0) is 22.1. The van der Waals surface area contributed by atoms with Crippen LogP contribution < -0.4 is 10.2 Å². The minimum absolute atomic E-state index is 0.263. The van der Waals surface area contributed by atoms with E-state index in [1.807, 2.05) is 56.3 Å². The lowest BCUT2D eigenvalue weighted by Gasteiger charge is -2.16. The molecule has 1 aliphatic rings. The van der Waals surface area contributed by atoms with E-state index in [9.17, 15) is 9.59 Å². The van der Waals surface area contributed by atoms with E-state index in [2.05, 4.69) is 12.2 Å². The van der Waals surface area contributed by atoms with Gasteiger partial charge in [0.1, 0.15) is 5.70 Å². The number of amides is 2. The minimum atomic E-state index is -0.376. The molecule has 0 atom stereocenters. The average Bonchev–Trinajstić information content (AvgIpc) is 3.00. The van der Waals surface area contributed by atoms with Gasteiger partial charge in [0, 0.05) is 10.7 Å². The normalized spacial score (nSPS) is 13.9. The van der Waals surface area contributed by atoms with E-state index in [-0.39, 0.29) is 17.5 Å². The number of rotatable bonds is 5. The molecule has 5 heteroatoms. The molecule has 0 bridgehead atoms. The first-order valence-electron chi connectivity index (χ1n) is 10.2. The molecule has 1 aliphatic heterocycles. The molecule has 3 aromatic carbocycles. The Hall–Kier alpha value is -3.37. The molecular formula is C26H23ClN2O2. The molecule has 3 aromatic rings. The largest absolute Gasteiger partial charge is 0.350 e. The van der Waals surface area contributed by atoms with Gasteiger partial charge in [-0.05, 0) is 67.3 Å². The summed E-state index contributed by atoms with van der Waals surface area (Å²) in [6.07, 6.45) is 0.885. The number of carbonyl (C=O) groups excluding carboxylic acids is 2. The number of aryl methyl sites for hydroxylation is 3. The minimum Gasteiger partial charge on any atom is -0.350 e. The summed E-state index contributed by atoms with van der Waals surface area (Å²) in [5.41, 5.74) is 5.84. The number of carbonyl (C=O) groups is 2. The highest BCUT2D eigenvalue weighted by Crippen LogP contribution is 2.35. The molecule has 0 fully saturated rings. The highest BCUT2D eigenvalue weighted by Gasteiger charge is 2.40. The molecule has 0 saturated heterocycles. The number of nitrogens with zero attached hydrogens (tertiary/aromatic N) is 1. The van der Waals surface area contributed by atoms with Gasteiger partial charge < -0.3 is 5.32 Å². The molecule has 1 N–H and O–H groups in total. The van der Waals surface area contributed by atoms with Crippen LogP contribution in [0.3, 0.4) is 0 Å². The summed E-state index contributed by atoms with van der Waals surface area (Å²) < 4.78 is 0. The van der Waals surface area contributed by atoms with Crippen molar-refractivity contribution in [3.8, 4) is 0 Å². The fourth-order valence-corrected chi connectivity index (χ4v) is 3.86. The standard InChI is InChI=1S/C26H23ClN2O2/c1-4-18-6-12-21(13-7-18)29-25(30)23(19-8-10-20(27)11-9-19)24(26(29)31)28-22-14-5-16(2)15-17(22)3/h5-15,28H,4H2,1-3H3. The third kappa shape index (κ3) is 3.99. The molecule has 0 aliphatic carbocycles. The van der Waals surface area contributed by atoms with E-state index in [1.54, 1.807) is 24.3 Å². The van der Waals surface area contributed by atoms with Crippen molar-refractivity contribution in [3.63, 3.8) is 0 Å². The van der Waals surface area contributed by atoms with E-state index in [0.717, 1.165) is 28.8 Å². The zero-order valence-corrected chi connectivity index (χ0v) is 18.5. The van der Waals surface area contributed by atoms with Gasteiger partial charge in [0.05, 0.1) is 11.3 Å². The van der Waals surface area contributed by atoms with Gasteiger partial charge in [0.2, 0.25) is 0 Å². The Labute approximate surface area is 187 Å². The number of halogens is 1. The number of hydrogen-bond acceptors (Lipinski definition) is 3. The average molecular weight is 431 g/mol. The molecule has 4 nitrogen and oxygen atoms in total. The number of benzene rings is 3. The maximum atomic E-state index is 13.5. The van der Waals surface area contributed by atoms with E-state index in [4.69, 9.17) is 11.6 Å². The molecule has 0 radical (unpaired) electrons. The van der Waals surface area contributed by atoms with Gasteiger partial charge in [-0.15, -0.1) is 0 Å². The van der Waals surface area contributed by atoms with Gasteiger partial charge >= 0.3 is 0 Å². The van der Waals surface area contributed by atoms with Crippen LogP contribution in [0.2, 0.25) is 5.02 Å². The fraction of sp³-hybridized carbons (Fsp3) is 0.154. The van der Waals surface area contributed by atoms with Crippen LogP contribution in [0, 0.1) is 13.8 Å². The predicted octanol–water partition coefficient (Wildman–Crippen LogP) is 5.92. The van der Waals surface area contributed by atoms with Crippen molar-refractivity contribution in [2.45, 2.75) is 27.2 Å². The summed E-state index contributed by atoms with van der Waals surface area (Å²) in [6.45, 7) is 6.05. The van der Waals surface area contributed by atoms with Gasteiger partial charge in [0.25, 0.3) is 11.8 Å². The second-order valence-corrected chi connectivity index (χ2v) is 8.10. The second-order valence-electron chi connectivity index (χ2n) is 7.67.